The standard InChI is InChI=1S/C16H20N4O2/c21-16(15-11-17-7-9-22-15)18-10-13-4-1-2-5-14(13)12-20-8-3-6-19-20/h1-6,8,15,17H,7,9-12H2,(H,18,21)/t15-/m1/s1. The molecule has 1 fully saturated rings. The quantitative estimate of drug-likeness (QED) is 0.845. The van der Waals surface area contributed by atoms with Crippen LogP contribution in [0.15, 0.2) is 42.7 Å². The molecule has 1 aromatic heterocycles. The lowest BCUT2D eigenvalue weighted by atomic mass is 10.1. The maximum atomic E-state index is 12.1. The minimum absolute atomic E-state index is 0.0684. The highest BCUT2D eigenvalue weighted by molar-refractivity contribution is 5.81. The van der Waals surface area contributed by atoms with Crippen molar-refractivity contribution in [2.24, 2.45) is 0 Å². The van der Waals surface area contributed by atoms with Crippen molar-refractivity contribution < 1.29 is 9.53 Å². The number of nitrogens with one attached hydrogen (secondary N) is 2. The summed E-state index contributed by atoms with van der Waals surface area (Å²) < 4.78 is 7.32. The van der Waals surface area contributed by atoms with Crippen LogP contribution in [0.3, 0.4) is 0 Å². The van der Waals surface area contributed by atoms with E-state index in [9.17, 15) is 4.79 Å². The van der Waals surface area contributed by atoms with Gasteiger partial charge in [-0.1, -0.05) is 24.3 Å². The normalized spacial score (nSPS) is 18.1. The molecule has 0 unspecified atom stereocenters. The molecule has 1 atom stereocenters. The molecule has 0 spiro atoms. The zero-order valence-electron chi connectivity index (χ0n) is 12.4. The van der Waals surface area contributed by atoms with Gasteiger partial charge in [0.1, 0.15) is 6.10 Å². The van der Waals surface area contributed by atoms with Crippen LogP contribution < -0.4 is 10.6 Å². The van der Waals surface area contributed by atoms with E-state index in [2.05, 4.69) is 21.8 Å². The molecule has 6 heteroatoms. The minimum atomic E-state index is -0.396. The van der Waals surface area contributed by atoms with Crippen LogP contribution in [0.25, 0.3) is 0 Å². The third-order valence-electron chi connectivity index (χ3n) is 3.68. The zero-order chi connectivity index (χ0) is 15.2. The van der Waals surface area contributed by atoms with Crippen molar-refractivity contribution in [1.29, 1.82) is 0 Å². The molecule has 1 aromatic carbocycles. The van der Waals surface area contributed by atoms with Gasteiger partial charge >= 0.3 is 0 Å². The molecule has 2 N–H and O–H groups in total. The first-order valence-corrected chi connectivity index (χ1v) is 7.47. The molecule has 1 aliphatic heterocycles. The number of ether oxygens (including phenoxy) is 1. The van der Waals surface area contributed by atoms with Gasteiger partial charge in [0.25, 0.3) is 5.91 Å². The van der Waals surface area contributed by atoms with E-state index >= 15 is 0 Å². The summed E-state index contributed by atoms with van der Waals surface area (Å²) in [7, 11) is 0. The van der Waals surface area contributed by atoms with Crippen LogP contribution in [0, 0.1) is 0 Å². The van der Waals surface area contributed by atoms with E-state index in [1.54, 1.807) is 6.20 Å². The van der Waals surface area contributed by atoms with Crippen LogP contribution in [0.4, 0.5) is 0 Å². The fourth-order valence-corrected chi connectivity index (χ4v) is 2.48. The van der Waals surface area contributed by atoms with Gasteiger partial charge in [-0.15, -0.1) is 0 Å². The van der Waals surface area contributed by atoms with Gasteiger partial charge in [0.15, 0.2) is 0 Å². The molecule has 6 nitrogen and oxygen atoms in total. The minimum Gasteiger partial charge on any atom is -0.366 e. The van der Waals surface area contributed by atoms with Gasteiger partial charge in [0.05, 0.1) is 13.2 Å². The van der Waals surface area contributed by atoms with Gasteiger partial charge in [-0.25, -0.2) is 0 Å². The molecule has 1 saturated heterocycles. The second-order valence-corrected chi connectivity index (χ2v) is 5.25. The highest BCUT2D eigenvalue weighted by Crippen LogP contribution is 2.10. The maximum absolute atomic E-state index is 12.1. The van der Waals surface area contributed by atoms with Gasteiger partial charge in [-0.05, 0) is 17.2 Å². The number of benzene rings is 1. The number of hydrogen-bond acceptors (Lipinski definition) is 4. The van der Waals surface area contributed by atoms with Crippen LogP contribution >= 0.6 is 0 Å². The molecule has 2 heterocycles. The highest BCUT2D eigenvalue weighted by Gasteiger charge is 2.21. The summed E-state index contributed by atoms with van der Waals surface area (Å²) >= 11 is 0. The summed E-state index contributed by atoms with van der Waals surface area (Å²) in [6.07, 6.45) is 3.29. The third-order valence-corrected chi connectivity index (χ3v) is 3.68. The number of rotatable bonds is 5. The van der Waals surface area contributed by atoms with Gasteiger partial charge in [0.2, 0.25) is 0 Å². The SMILES string of the molecule is O=C(NCc1ccccc1Cn1cccn1)[C@H]1CNCCO1. The van der Waals surface area contributed by atoms with Crippen LogP contribution in [-0.2, 0) is 22.6 Å². The van der Waals surface area contributed by atoms with Gasteiger partial charge < -0.3 is 15.4 Å². The topological polar surface area (TPSA) is 68.2 Å². The molecular weight excluding hydrogens is 280 g/mol. The van der Waals surface area contributed by atoms with Crippen molar-refractivity contribution in [3.05, 3.63) is 53.9 Å². The highest BCUT2D eigenvalue weighted by atomic mass is 16.5. The summed E-state index contributed by atoms with van der Waals surface area (Å²) in [6.45, 7) is 3.14. The van der Waals surface area contributed by atoms with Crippen molar-refractivity contribution in [3.63, 3.8) is 0 Å². The largest absolute Gasteiger partial charge is 0.366 e. The monoisotopic (exact) mass is 300 g/mol. The summed E-state index contributed by atoms with van der Waals surface area (Å²) in [5.41, 5.74) is 2.24. The van der Waals surface area contributed by atoms with E-state index in [1.165, 1.54) is 0 Å². The number of amides is 1. The lowest BCUT2D eigenvalue weighted by Gasteiger charge is -2.23. The molecule has 0 bridgehead atoms. The molecule has 2 aromatic rings. The summed E-state index contributed by atoms with van der Waals surface area (Å²) in [6, 6.07) is 9.96. The molecule has 1 aliphatic rings. The number of carbonyl (C=O) groups excluding carboxylic acids is 1. The average molecular weight is 300 g/mol. The van der Waals surface area contributed by atoms with E-state index < -0.39 is 6.10 Å². The Morgan fingerprint density at radius 1 is 1.36 bits per heavy atom. The molecule has 22 heavy (non-hydrogen) atoms. The molecule has 1 amide bonds. The summed E-state index contributed by atoms with van der Waals surface area (Å²) in [4.78, 5) is 12.1. The Morgan fingerprint density at radius 3 is 2.95 bits per heavy atom. The van der Waals surface area contributed by atoms with Crippen molar-refractivity contribution in [2.45, 2.75) is 19.2 Å². The Labute approximate surface area is 129 Å². The lowest BCUT2D eigenvalue weighted by Crippen LogP contribution is -2.47. The van der Waals surface area contributed by atoms with Gasteiger partial charge in [0, 0.05) is 32.0 Å². The predicted molar refractivity (Wildman–Crippen MR) is 82.2 cm³/mol. The smallest absolute Gasteiger partial charge is 0.250 e. The van der Waals surface area contributed by atoms with Crippen molar-refractivity contribution >= 4 is 5.91 Å². The molecular formula is C16H20N4O2. The number of nitrogens with zero attached hydrogens (tertiary/aromatic N) is 2. The first kappa shape index (κ1) is 14.7. The van der Waals surface area contributed by atoms with Crippen LogP contribution in [0.1, 0.15) is 11.1 Å². The Hall–Kier alpha value is -2.18. The Balaban J connectivity index is 1.61. The molecule has 0 saturated carbocycles. The molecule has 0 aliphatic carbocycles. The number of carbonyl (C=O) groups is 1. The van der Waals surface area contributed by atoms with E-state index in [0.29, 0.717) is 26.2 Å². The number of aromatic nitrogens is 2. The molecule has 3 rings (SSSR count). The first-order valence-electron chi connectivity index (χ1n) is 7.47. The fraction of sp³-hybridized carbons (Fsp3) is 0.375. The summed E-state index contributed by atoms with van der Waals surface area (Å²) in [5, 5.41) is 10.3. The predicted octanol–water partition coefficient (Wildman–Crippen LogP) is 0.536. The van der Waals surface area contributed by atoms with E-state index in [4.69, 9.17) is 4.74 Å². The Morgan fingerprint density at radius 2 is 2.23 bits per heavy atom. The lowest BCUT2D eigenvalue weighted by molar-refractivity contribution is -0.134. The second kappa shape index (κ2) is 7.20. The van der Waals surface area contributed by atoms with Crippen molar-refractivity contribution in [3.8, 4) is 0 Å². The van der Waals surface area contributed by atoms with Crippen molar-refractivity contribution in [1.82, 2.24) is 20.4 Å². The number of hydrogen-bond donors (Lipinski definition) is 2. The second-order valence-electron chi connectivity index (χ2n) is 5.25. The zero-order valence-corrected chi connectivity index (χ0v) is 12.4. The van der Waals surface area contributed by atoms with Crippen LogP contribution in [0.2, 0.25) is 0 Å². The fourth-order valence-electron chi connectivity index (χ4n) is 2.48. The van der Waals surface area contributed by atoms with Gasteiger partial charge in [-0.3, -0.25) is 9.48 Å². The molecule has 116 valence electrons. The van der Waals surface area contributed by atoms with E-state index in [-0.39, 0.29) is 5.91 Å². The van der Waals surface area contributed by atoms with Gasteiger partial charge in [-0.2, -0.15) is 5.10 Å². The maximum Gasteiger partial charge on any atom is 0.250 e. The Kier molecular flexibility index (Phi) is 4.82. The van der Waals surface area contributed by atoms with Crippen LogP contribution in [0.5, 0.6) is 0 Å². The summed E-state index contributed by atoms with van der Waals surface area (Å²) in [5.74, 6) is -0.0684. The third kappa shape index (κ3) is 3.72. The number of morpholine rings is 1. The van der Waals surface area contributed by atoms with E-state index in [1.807, 2.05) is 35.1 Å². The van der Waals surface area contributed by atoms with E-state index in [0.717, 1.165) is 17.7 Å². The average Bonchev–Trinajstić information content (AvgIpc) is 3.07. The van der Waals surface area contributed by atoms with Crippen molar-refractivity contribution in [2.75, 3.05) is 19.7 Å². The molecule has 0 radical (unpaired) electrons. The van der Waals surface area contributed by atoms with Crippen LogP contribution in [-0.4, -0.2) is 41.5 Å². The Bertz CT molecular complexity index is 606. The first-order chi connectivity index (χ1) is 10.8.